The monoisotopic (exact) mass is 719 g/mol. The molecular weight excluding hydrogens is 662 g/mol. The molecule has 0 saturated carbocycles. The van der Waals surface area contributed by atoms with Crippen LogP contribution in [0.3, 0.4) is 0 Å². The fourth-order valence-corrected chi connectivity index (χ4v) is 4.82. The number of primary amides is 1. The smallest absolute Gasteiger partial charge is 0.317 e. The number of Topliss-reactive ketones (excluding diaryl/α,β-unsaturated/α-hetero) is 1. The quantitative estimate of drug-likeness (QED) is 0.0470. The lowest BCUT2D eigenvalue weighted by molar-refractivity contribution is -0.139. The molecule has 0 spiro atoms. The van der Waals surface area contributed by atoms with Gasteiger partial charge in [-0.2, -0.15) is 0 Å². The number of hydrogen-bond acceptors (Lipinski definition) is 14. The number of aliphatic hydroxyl groups is 1. The molecule has 19 nitrogen and oxygen atoms in total. The Bertz CT molecular complexity index is 990. The van der Waals surface area contributed by atoms with E-state index in [2.05, 4.69) is 10.6 Å². The van der Waals surface area contributed by atoms with Gasteiger partial charge in [0.2, 0.25) is 17.7 Å². The summed E-state index contributed by atoms with van der Waals surface area (Å²) in [6, 6.07) is 0. The summed E-state index contributed by atoms with van der Waals surface area (Å²) in [6.07, 6.45) is 1.33. The first kappa shape index (κ1) is 44.7. The van der Waals surface area contributed by atoms with Crippen molar-refractivity contribution in [3.63, 3.8) is 0 Å². The number of ketones is 1. The van der Waals surface area contributed by atoms with E-state index in [1.54, 1.807) is 14.7 Å². The van der Waals surface area contributed by atoms with E-state index in [-0.39, 0.29) is 56.6 Å². The highest BCUT2D eigenvalue weighted by molar-refractivity contribution is 5.82. The van der Waals surface area contributed by atoms with E-state index in [0.29, 0.717) is 118 Å². The summed E-state index contributed by atoms with van der Waals surface area (Å²) in [6.45, 7) is 5.15. The highest BCUT2D eigenvalue weighted by Gasteiger charge is 2.21. The van der Waals surface area contributed by atoms with Crippen molar-refractivity contribution in [1.29, 1.82) is 0 Å². The highest BCUT2D eigenvalue weighted by atomic mass is 16.5. The Labute approximate surface area is 293 Å². The van der Waals surface area contributed by atoms with Gasteiger partial charge in [0.15, 0.2) is 5.78 Å². The average Bonchev–Trinajstić information content (AvgIpc) is 3.06. The van der Waals surface area contributed by atoms with E-state index < -0.39 is 24.5 Å². The zero-order valence-corrected chi connectivity index (χ0v) is 29.1. The van der Waals surface area contributed by atoms with Gasteiger partial charge in [-0.25, -0.2) is 0 Å². The maximum absolute atomic E-state index is 12.7. The number of carboxylic acids is 2. The SMILES string of the molecule is NC(=O)CCC(=O)NCCCOCCOCCOCCCNC(=O)CN1CCN(CC(=O)O)CCN(CC(=O)CO)CCN(CC(=O)O)CC1. The molecule has 1 aliphatic heterocycles. The lowest BCUT2D eigenvalue weighted by atomic mass is 10.3. The molecule has 0 radical (unpaired) electrons. The second-order valence-corrected chi connectivity index (χ2v) is 11.8. The molecule has 50 heavy (non-hydrogen) atoms. The summed E-state index contributed by atoms with van der Waals surface area (Å²) in [5.41, 5.74) is 5.01. The molecule has 1 rings (SSSR count). The number of amides is 3. The zero-order valence-electron chi connectivity index (χ0n) is 29.1. The summed E-state index contributed by atoms with van der Waals surface area (Å²) in [5.74, 6) is -3.32. The van der Waals surface area contributed by atoms with E-state index in [1.165, 1.54) is 0 Å². The number of carbonyl (C=O) groups is 6. The lowest BCUT2D eigenvalue weighted by Crippen LogP contribution is -2.50. The number of aliphatic hydroxyl groups excluding tert-OH is 1. The first-order valence-corrected chi connectivity index (χ1v) is 17.0. The molecule has 0 unspecified atom stereocenters. The number of ether oxygens (including phenoxy) is 3. The van der Waals surface area contributed by atoms with Crippen LogP contribution in [0.5, 0.6) is 0 Å². The van der Waals surface area contributed by atoms with Crippen molar-refractivity contribution in [1.82, 2.24) is 30.2 Å². The van der Waals surface area contributed by atoms with Gasteiger partial charge in [-0.1, -0.05) is 0 Å². The number of aliphatic carboxylic acids is 2. The third-order valence-corrected chi connectivity index (χ3v) is 7.51. The molecule has 3 amide bonds. The van der Waals surface area contributed by atoms with Gasteiger partial charge in [-0.3, -0.25) is 48.4 Å². The minimum atomic E-state index is -0.998. The molecule has 0 aliphatic carbocycles. The predicted molar refractivity (Wildman–Crippen MR) is 179 cm³/mol. The zero-order chi connectivity index (χ0) is 37.0. The minimum absolute atomic E-state index is 0.0196. The molecule has 19 heteroatoms. The number of hydrogen-bond donors (Lipinski definition) is 6. The molecule has 0 aromatic carbocycles. The topological polar surface area (TPSA) is 254 Å². The van der Waals surface area contributed by atoms with Crippen molar-refractivity contribution < 1.29 is 58.3 Å². The fraction of sp³-hybridized carbons (Fsp3) is 0.806. The van der Waals surface area contributed by atoms with Gasteiger partial charge in [0.25, 0.3) is 0 Å². The molecule has 1 heterocycles. The van der Waals surface area contributed by atoms with Gasteiger partial charge in [-0.05, 0) is 12.8 Å². The van der Waals surface area contributed by atoms with Crippen LogP contribution in [0, 0.1) is 0 Å². The third kappa shape index (κ3) is 25.6. The van der Waals surface area contributed by atoms with Gasteiger partial charge in [0.05, 0.1) is 52.6 Å². The minimum Gasteiger partial charge on any atom is -0.480 e. The van der Waals surface area contributed by atoms with Crippen LogP contribution in [0.15, 0.2) is 0 Å². The third-order valence-electron chi connectivity index (χ3n) is 7.51. The van der Waals surface area contributed by atoms with Gasteiger partial charge in [0.1, 0.15) is 6.61 Å². The first-order chi connectivity index (χ1) is 24.0. The van der Waals surface area contributed by atoms with Crippen molar-refractivity contribution in [3.8, 4) is 0 Å². The Morgan fingerprint density at radius 1 is 0.540 bits per heavy atom. The van der Waals surface area contributed by atoms with Crippen LogP contribution in [0.4, 0.5) is 0 Å². The van der Waals surface area contributed by atoms with Gasteiger partial charge >= 0.3 is 11.9 Å². The van der Waals surface area contributed by atoms with Gasteiger partial charge in [0, 0.05) is 91.5 Å². The maximum atomic E-state index is 12.7. The van der Waals surface area contributed by atoms with Crippen LogP contribution >= 0.6 is 0 Å². The molecule has 0 aromatic heterocycles. The van der Waals surface area contributed by atoms with Crippen LogP contribution < -0.4 is 16.4 Å². The van der Waals surface area contributed by atoms with Gasteiger partial charge in [-0.15, -0.1) is 0 Å². The molecule has 0 aromatic rings. The van der Waals surface area contributed by atoms with Gasteiger partial charge < -0.3 is 45.9 Å². The Balaban J connectivity index is 2.32. The summed E-state index contributed by atoms with van der Waals surface area (Å²) in [5, 5.41) is 33.5. The lowest BCUT2D eigenvalue weighted by Gasteiger charge is -2.33. The second kappa shape index (κ2) is 28.4. The number of rotatable bonds is 26. The van der Waals surface area contributed by atoms with E-state index >= 15 is 0 Å². The molecular formula is C31H57N7O12. The standard InChI is InChI=1S/C31H57N7O12/c32-27(41)3-4-28(42)33-5-1-15-48-17-19-50-20-18-49-16-2-6-34-29(43)22-36-9-13-37(23-30(44)45)11-7-35(21-26(40)25-39)8-12-38(14-10-36)24-31(46)47/h39H,1-25H2,(H2,32,41)(H,33,42)(H,34,43)(H,44,45)(H,46,47). The number of nitrogens with zero attached hydrogens (tertiary/aromatic N) is 4. The van der Waals surface area contributed by atoms with E-state index in [0.717, 1.165) is 0 Å². The molecule has 1 fully saturated rings. The van der Waals surface area contributed by atoms with Crippen molar-refractivity contribution in [2.75, 3.05) is 138 Å². The van der Waals surface area contributed by atoms with Crippen LogP contribution in [-0.4, -0.2) is 208 Å². The molecule has 0 bridgehead atoms. The largest absolute Gasteiger partial charge is 0.480 e. The first-order valence-electron chi connectivity index (χ1n) is 17.0. The summed E-state index contributed by atoms with van der Waals surface area (Å²) in [7, 11) is 0. The average molecular weight is 720 g/mol. The van der Waals surface area contributed by atoms with Crippen LogP contribution in [0.2, 0.25) is 0 Å². The van der Waals surface area contributed by atoms with Crippen molar-refractivity contribution in [2.24, 2.45) is 5.73 Å². The molecule has 1 aliphatic rings. The number of nitrogens with two attached hydrogens (primary N) is 1. The Morgan fingerprint density at radius 2 is 0.920 bits per heavy atom. The van der Waals surface area contributed by atoms with Crippen molar-refractivity contribution in [3.05, 3.63) is 0 Å². The summed E-state index contributed by atoms with van der Waals surface area (Å²) >= 11 is 0. The second-order valence-electron chi connectivity index (χ2n) is 11.8. The number of carbonyl (C=O) groups excluding carboxylic acids is 4. The van der Waals surface area contributed by atoms with Crippen LogP contribution in [0.1, 0.15) is 25.7 Å². The van der Waals surface area contributed by atoms with E-state index in [4.69, 9.17) is 19.9 Å². The number of carboxylic acid groups (broad SMARTS) is 2. The van der Waals surface area contributed by atoms with Crippen LogP contribution in [-0.2, 0) is 43.0 Å². The van der Waals surface area contributed by atoms with Crippen molar-refractivity contribution in [2.45, 2.75) is 25.7 Å². The predicted octanol–water partition coefficient (Wildman–Crippen LogP) is -3.73. The summed E-state index contributed by atoms with van der Waals surface area (Å²) in [4.78, 5) is 76.9. The fourth-order valence-electron chi connectivity index (χ4n) is 4.82. The van der Waals surface area contributed by atoms with E-state index in [1.807, 2.05) is 4.90 Å². The normalized spacial score (nSPS) is 15.9. The maximum Gasteiger partial charge on any atom is 0.317 e. The Hall–Kier alpha value is -3.30. The molecule has 1 saturated heterocycles. The number of nitrogens with one attached hydrogen (secondary N) is 2. The molecule has 288 valence electrons. The van der Waals surface area contributed by atoms with E-state index in [9.17, 15) is 44.1 Å². The van der Waals surface area contributed by atoms with Crippen molar-refractivity contribution >= 4 is 35.4 Å². The molecule has 7 N–H and O–H groups in total. The van der Waals surface area contributed by atoms with Crippen LogP contribution in [0.25, 0.3) is 0 Å². The highest BCUT2D eigenvalue weighted by Crippen LogP contribution is 2.02. The molecule has 0 atom stereocenters. The summed E-state index contributed by atoms with van der Waals surface area (Å²) < 4.78 is 16.4. The Kier molecular flexibility index (Phi) is 25.4. The Morgan fingerprint density at radius 3 is 1.32 bits per heavy atom.